The molecule has 3 aromatic heterocycles. The zero-order valence-electron chi connectivity index (χ0n) is 14.9. The number of thioether (sulfide) groups is 1. The summed E-state index contributed by atoms with van der Waals surface area (Å²) in [6.45, 7) is 3.72. The fraction of sp³-hybridized carbons (Fsp3) is 0.176. The van der Waals surface area contributed by atoms with Gasteiger partial charge >= 0.3 is 0 Å². The Kier molecular flexibility index (Phi) is 5.01. The van der Waals surface area contributed by atoms with Gasteiger partial charge in [0.1, 0.15) is 5.82 Å². The van der Waals surface area contributed by atoms with E-state index in [-0.39, 0.29) is 11.6 Å². The average molecular weight is 415 g/mol. The molecular weight excluding hydrogens is 401 g/mol. The zero-order valence-corrected chi connectivity index (χ0v) is 16.5. The molecular formula is C17H14FN7OS2. The molecule has 4 rings (SSSR count). The summed E-state index contributed by atoms with van der Waals surface area (Å²) in [5.74, 6) is 0.262. The maximum atomic E-state index is 12.9. The first-order chi connectivity index (χ1) is 13.5. The molecule has 0 unspecified atom stereocenters. The summed E-state index contributed by atoms with van der Waals surface area (Å²) < 4.78 is 15.2. The van der Waals surface area contributed by atoms with E-state index >= 15 is 0 Å². The van der Waals surface area contributed by atoms with E-state index in [0.29, 0.717) is 21.0 Å². The summed E-state index contributed by atoms with van der Waals surface area (Å²) in [7, 11) is 0. The lowest BCUT2D eigenvalue weighted by molar-refractivity contribution is 0.101. The van der Waals surface area contributed by atoms with Gasteiger partial charge in [0.05, 0.1) is 0 Å². The molecule has 0 saturated heterocycles. The van der Waals surface area contributed by atoms with E-state index in [1.54, 1.807) is 12.1 Å². The summed E-state index contributed by atoms with van der Waals surface area (Å²) in [6.07, 6.45) is 0. The largest absolute Gasteiger partial charge is 0.297 e. The summed E-state index contributed by atoms with van der Waals surface area (Å²) >= 11 is 2.70. The van der Waals surface area contributed by atoms with Crippen molar-refractivity contribution in [2.75, 3.05) is 5.32 Å². The van der Waals surface area contributed by atoms with Crippen molar-refractivity contribution in [2.45, 2.75) is 23.9 Å². The van der Waals surface area contributed by atoms with Gasteiger partial charge in [-0.05, 0) is 37.6 Å². The van der Waals surface area contributed by atoms with Crippen molar-refractivity contribution in [1.29, 1.82) is 0 Å². The van der Waals surface area contributed by atoms with E-state index in [1.807, 2.05) is 19.9 Å². The molecule has 0 aliphatic carbocycles. The number of aryl methyl sites for hydroxylation is 2. The minimum Gasteiger partial charge on any atom is -0.294 e. The van der Waals surface area contributed by atoms with E-state index in [1.165, 1.54) is 39.7 Å². The molecule has 28 heavy (non-hydrogen) atoms. The highest BCUT2D eigenvalue weighted by Crippen LogP contribution is 2.28. The van der Waals surface area contributed by atoms with Gasteiger partial charge in [-0.1, -0.05) is 35.2 Å². The molecule has 11 heteroatoms. The Morgan fingerprint density at radius 3 is 2.79 bits per heavy atom. The van der Waals surface area contributed by atoms with Crippen LogP contribution in [0, 0.1) is 19.7 Å². The van der Waals surface area contributed by atoms with Crippen LogP contribution in [-0.2, 0) is 5.75 Å². The normalized spacial score (nSPS) is 11.1. The smallest absolute Gasteiger partial charge is 0.294 e. The van der Waals surface area contributed by atoms with Crippen LogP contribution in [-0.4, -0.2) is 35.7 Å². The van der Waals surface area contributed by atoms with Crippen LogP contribution in [0.2, 0.25) is 0 Å². The number of rotatable bonds is 5. The first-order valence-corrected chi connectivity index (χ1v) is 10.0. The number of aromatic nitrogens is 6. The molecule has 1 amide bonds. The first-order valence-electron chi connectivity index (χ1n) is 8.21. The van der Waals surface area contributed by atoms with Crippen LogP contribution in [0.3, 0.4) is 0 Å². The predicted octanol–water partition coefficient (Wildman–Crippen LogP) is 3.28. The van der Waals surface area contributed by atoms with Crippen molar-refractivity contribution in [3.8, 4) is 0 Å². The number of carbonyl (C=O) groups is 1. The highest BCUT2D eigenvalue weighted by molar-refractivity contribution is 8.00. The third-order valence-corrected chi connectivity index (χ3v) is 5.77. The molecule has 1 N–H and O–H groups in total. The minimum absolute atomic E-state index is 0.0110. The van der Waals surface area contributed by atoms with Crippen LogP contribution in [0.1, 0.15) is 27.6 Å². The Morgan fingerprint density at radius 2 is 2.00 bits per heavy atom. The first kappa shape index (κ1) is 18.4. The second kappa shape index (κ2) is 7.60. The number of hydrogen-bond donors (Lipinski definition) is 1. The zero-order chi connectivity index (χ0) is 19.7. The van der Waals surface area contributed by atoms with Gasteiger partial charge in [-0.3, -0.25) is 10.1 Å². The molecule has 0 aliphatic rings. The standard InChI is InChI=1S/C17H14FN7OS2/c1-9-7-10(2)25-15(19-9)20-13(24-25)14(26)21-16-22-23-17(28-16)27-8-11-3-5-12(18)6-4-11/h3-7H,8H2,1-2H3,(H,21,22,26). The summed E-state index contributed by atoms with van der Waals surface area (Å²) in [5.41, 5.74) is 2.61. The highest BCUT2D eigenvalue weighted by atomic mass is 32.2. The van der Waals surface area contributed by atoms with E-state index in [4.69, 9.17) is 0 Å². The average Bonchev–Trinajstić information content (AvgIpc) is 3.28. The van der Waals surface area contributed by atoms with Crippen molar-refractivity contribution < 1.29 is 9.18 Å². The van der Waals surface area contributed by atoms with Gasteiger partial charge in [0.15, 0.2) is 4.34 Å². The molecule has 1 aromatic carbocycles. The Hall–Kier alpha value is -2.92. The van der Waals surface area contributed by atoms with E-state index < -0.39 is 5.91 Å². The van der Waals surface area contributed by atoms with Gasteiger partial charge in [-0.2, -0.15) is 4.98 Å². The number of carbonyl (C=O) groups excluding carboxylic acids is 1. The monoisotopic (exact) mass is 415 g/mol. The number of anilines is 1. The van der Waals surface area contributed by atoms with Crippen molar-refractivity contribution in [3.63, 3.8) is 0 Å². The Morgan fingerprint density at radius 1 is 1.21 bits per heavy atom. The van der Waals surface area contributed by atoms with Crippen LogP contribution in [0.25, 0.3) is 5.78 Å². The second-order valence-corrected chi connectivity index (χ2v) is 8.13. The topological polar surface area (TPSA) is 98.0 Å². The number of nitrogens with zero attached hydrogens (tertiary/aromatic N) is 6. The van der Waals surface area contributed by atoms with E-state index in [0.717, 1.165) is 17.0 Å². The lowest BCUT2D eigenvalue weighted by Gasteiger charge is -1.98. The molecule has 0 saturated carbocycles. The Labute approximate surface area is 167 Å². The molecule has 0 atom stereocenters. The Balaban J connectivity index is 1.42. The second-order valence-electron chi connectivity index (χ2n) is 5.93. The molecule has 8 nitrogen and oxygen atoms in total. The van der Waals surface area contributed by atoms with Crippen molar-refractivity contribution >= 4 is 39.9 Å². The van der Waals surface area contributed by atoms with Crippen molar-refractivity contribution in [2.24, 2.45) is 0 Å². The minimum atomic E-state index is -0.478. The lowest BCUT2D eigenvalue weighted by atomic mass is 10.2. The summed E-state index contributed by atoms with van der Waals surface area (Å²) in [6, 6.07) is 8.14. The van der Waals surface area contributed by atoms with Crippen molar-refractivity contribution in [1.82, 2.24) is 29.8 Å². The maximum absolute atomic E-state index is 12.9. The molecule has 3 heterocycles. The predicted molar refractivity (Wildman–Crippen MR) is 104 cm³/mol. The van der Waals surface area contributed by atoms with Gasteiger partial charge < -0.3 is 0 Å². The molecule has 0 spiro atoms. The van der Waals surface area contributed by atoms with E-state index in [9.17, 15) is 9.18 Å². The third-order valence-electron chi connectivity index (χ3n) is 3.72. The number of hydrogen-bond acceptors (Lipinski definition) is 8. The van der Waals surface area contributed by atoms with Crippen LogP contribution in [0.15, 0.2) is 34.7 Å². The number of halogens is 1. The Bertz CT molecular complexity index is 1160. The third kappa shape index (κ3) is 3.99. The highest BCUT2D eigenvalue weighted by Gasteiger charge is 2.17. The van der Waals surface area contributed by atoms with Gasteiger partial charge in [-0.15, -0.1) is 15.3 Å². The van der Waals surface area contributed by atoms with Crippen LogP contribution < -0.4 is 5.32 Å². The molecule has 0 fully saturated rings. The quantitative estimate of drug-likeness (QED) is 0.394. The maximum Gasteiger partial charge on any atom is 0.297 e. The van der Waals surface area contributed by atoms with E-state index in [2.05, 4.69) is 30.6 Å². The molecule has 142 valence electrons. The van der Waals surface area contributed by atoms with Gasteiger partial charge in [0.2, 0.25) is 11.0 Å². The number of benzene rings is 1. The summed E-state index contributed by atoms with van der Waals surface area (Å²) in [5, 5.41) is 15.2. The fourth-order valence-corrected chi connectivity index (χ4v) is 4.16. The molecule has 0 aliphatic heterocycles. The summed E-state index contributed by atoms with van der Waals surface area (Å²) in [4.78, 5) is 20.9. The van der Waals surface area contributed by atoms with Crippen LogP contribution >= 0.6 is 23.1 Å². The van der Waals surface area contributed by atoms with Crippen LogP contribution in [0.5, 0.6) is 0 Å². The number of fused-ring (bicyclic) bond motifs is 1. The van der Waals surface area contributed by atoms with Gasteiger partial charge in [0.25, 0.3) is 11.7 Å². The van der Waals surface area contributed by atoms with Crippen LogP contribution in [0.4, 0.5) is 9.52 Å². The molecule has 0 bridgehead atoms. The number of amides is 1. The SMILES string of the molecule is Cc1cc(C)n2nc(C(=O)Nc3nnc(SCc4ccc(F)cc4)s3)nc2n1. The van der Waals surface area contributed by atoms with Crippen molar-refractivity contribution in [3.05, 3.63) is 58.9 Å². The lowest BCUT2D eigenvalue weighted by Crippen LogP contribution is -2.13. The van der Waals surface area contributed by atoms with Gasteiger partial charge in [-0.25, -0.2) is 13.9 Å². The number of nitrogens with one attached hydrogen (secondary N) is 1. The van der Waals surface area contributed by atoms with Gasteiger partial charge in [0, 0.05) is 17.1 Å². The molecule has 4 aromatic rings. The fourth-order valence-electron chi connectivity index (χ4n) is 2.46. The molecule has 0 radical (unpaired) electrons.